The molecule has 0 aliphatic rings. The van der Waals surface area contributed by atoms with Gasteiger partial charge in [0, 0.05) is 24.6 Å². The standard InChI is InChI=1S/C13H20BrN3O/c1-9(2)17(4)13(18)8-16(3)12-6-5-10(14)7-11(12)15/h5-7,9H,8,15H2,1-4H3. The molecule has 18 heavy (non-hydrogen) atoms. The molecule has 0 atom stereocenters. The number of anilines is 2. The molecule has 0 radical (unpaired) electrons. The Hall–Kier alpha value is -1.23. The van der Waals surface area contributed by atoms with Crippen molar-refractivity contribution in [2.24, 2.45) is 0 Å². The Morgan fingerprint density at radius 2 is 2.00 bits per heavy atom. The van der Waals surface area contributed by atoms with Gasteiger partial charge in [0.05, 0.1) is 17.9 Å². The van der Waals surface area contributed by atoms with E-state index < -0.39 is 0 Å². The molecule has 0 saturated carbocycles. The van der Waals surface area contributed by atoms with E-state index in [1.807, 2.05) is 51.0 Å². The van der Waals surface area contributed by atoms with Crippen LogP contribution < -0.4 is 10.6 Å². The third kappa shape index (κ3) is 3.63. The first kappa shape index (κ1) is 14.8. The Labute approximate surface area is 117 Å². The van der Waals surface area contributed by atoms with Gasteiger partial charge in [-0.15, -0.1) is 0 Å². The molecule has 1 aromatic rings. The summed E-state index contributed by atoms with van der Waals surface area (Å²) in [6, 6.07) is 5.86. The van der Waals surface area contributed by atoms with Gasteiger partial charge >= 0.3 is 0 Å². The molecular weight excluding hydrogens is 294 g/mol. The van der Waals surface area contributed by atoms with Crippen LogP contribution in [0.3, 0.4) is 0 Å². The summed E-state index contributed by atoms with van der Waals surface area (Å²) in [6.45, 7) is 4.30. The number of halogens is 1. The molecule has 1 rings (SSSR count). The molecule has 0 spiro atoms. The molecule has 0 fully saturated rings. The van der Waals surface area contributed by atoms with Gasteiger partial charge in [0.15, 0.2) is 0 Å². The van der Waals surface area contributed by atoms with E-state index in [-0.39, 0.29) is 11.9 Å². The van der Waals surface area contributed by atoms with Crippen molar-refractivity contribution in [2.75, 3.05) is 31.3 Å². The Morgan fingerprint density at radius 3 is 2.50 bits per heavy atom. The monoisotopic (exact) mass is 313 g/mol. The minimum atomic E-state index is 0.0785. The zero-order valence-corrected chi connectivity index (χ0v) is 12.9. The second kappa shape index (κ2) is 6.09. The molecule has 4 nitrogen and oxygen atoms in total. The summed E-state index contributed by atoms with van der Waals surface area (Å²) in [5.74, 6) is 0.0785. The number of nitrogen functional groups attached to an aromatic ring is 1. The number of carbonyl (C=O) groups is 1. The number of carbonyl (C=O) groups excluding carboxylic acids is 1. The first-order valence-corrected chi connectivity index (χ1v) is 6.64. The van der Waals surface area contributed by atoms with Gasteiger partial charge in [0.2, 0.25) is 5.91 Å². The lowest BCUT2D eigenvalue weighted by Crippen LogP contribution is -2.40. The lowest BCUT2D eigenvalue weighted by Gasteiger charge is -2.26. The van der Waals surface area contributed by atoms with Crippen molar-refractivity contribution in [1.82, 2.24) is 4.90 Å². The van der Waals surface area contributed by atoms with Gasteiger partial charge in [-0.25, -0.2) is 0 Å². The van der Waals surface area contributed by atoms with Crippen LogP contribution >= 0.6 is 15.9 Å². The highest BCUT2D eigenvalue weighted by Crippen LogP contribution is 2.25. The van der Waals surface area contributed by atoms with Crippen LogP contribution in [0.2, 0.25) is 0 Å². The lowest BCUT2D eigenvalue weighted by molar-refractivity contribution is -0.129. The first-order chi connectivity index (χ1) is 8.32. The Balaban J connectivity index is 2.76. The van der Waals surface area contributed by atoms with Gasteiger partial charge in [-0.1, -0.05) is 15.9 Å². The molecule has 1 aromatic carbocycles. The second-order valence-corrected chi connectivity index (χ2v) is 5.57. The summed E-state index contributed by atoms with van der Waals surface area (Å²) in [5.41, 5.74) is 7.46. The minimum absolute atomic E-state index is 0.0785. The Kier molecular flexibility index (Phi) is 5.02. The number of amides is 1. The van der Waals surface area contributed by atoms with E-state index in [1.165, 1.54) is 0 Å². The molecule has 0 unspecified atom stereocenters. The van der Waals surface area contributed by atoms with E-state index >= 15 is 0 Å². The third-order valence-corrected chi connectivity index (χ3v) is 3.43. The molecule has 0 aromatic heterocycles. The SMILES string of the molecule is CC(C)N(C)C(=O)CN(C)c1ccc(Br)cc1N. The van der Waals surface area contributed by atoms with Crippen LogP contribution in [0.1, 0.15) is 13.8 Å². The van der Waals surface area contributed by atoms with Crippen molar-refractivity contribution in [3.05, 3.63) is 22.7 Å². The van der Waals surface area contributed by atoms with Crippen LogP contribution in [0.4, 0.5) is 11.4 Å². The molecule has 0 aliphatic carbocycles. The number of likely N-dealkylation sites (N-methyl/N-ethyl adjacent to an activating group) is 2. The second-order valence-electron chi connectivity index (χ2n) is 4.66. The van der Waals surface area contributed by atoms with Gasteiger partial charge in [-0.3, -0.25) is 4.79 Å². The molecule has 0 aliphatic heterocycles. The van der Waals surface area contributed by atoms with E-state index in [0.29, 0.717) is 12.2 Å². The summed E-state index contributed by atoms with van der Waals surface area (Å²) < 4.78 is 0.933. The number of nitrogens with zero attached hydrogens (tertiary/aromatic N) is 2. The van der Waals surface area contributed by atoms with Crippen LogP contribution in [-0.4, -0.2) is 37.5 Å². The predicted octanol–water partition coefficient (Wildman–Crippen LogP) is 2.33. The van der Waals surface area contributed by atoms with Crippen molar-refractivity contribution in [3.8, 4) is 0 Å². The van der Waals surface area contributed by atoms with Gasteiger partial charge < -0.3 is 15.5 Å². The summed E-state index contributed by atoms with van der Waals surface area (Å²) in [6.07, 6.45) is 0. The fourth-order valence-electron chi connectivity index (χ4n) is 1.56. The van der Waals surface area contributed by atoms with Crippen LogP contribution in [0.5, 0.6) is 0 Å². The van der Waals surface area contributed by atoms with Crippen LogP contribution in [0.15, 0.2) is 22.7 Å². The Morgan fingerprint density at radius 1 is 1.39 bits per heavy atom. The topological polar surface area (TPSA) is 49.6 Å². The predicted molar refractivity (Wildman–Crippen MR) is 79.7 cm³/mol. The largest absolute Gasteiger partial charge is 0.397 e. The van der Waals surface area contributed by atoms with Crippen molar-refractivity contribution in [2.45, 2.75) is 19.9 Å². The molecule has 2 N–H and O–H groups in total. The van der Waals surface area contributed by atoms with E-state index in [1.54, 1.807) is 4.90 Å². The molecule has 1 amide bonds. The number of hydrogen-bond acceptors (Lipinski definition) is 3. The molecule has 0 bridgehead atoms. The van der Waals surface area contributed by atoms with Gasteiger partial charge in [0.25, 0.3) is 0 Å². The zero-order valence-electron chi connectivity index (χ0n) is 11.3. The zero-order chi connectivity index (χ0) is 13.9. The van der Waals surface area contributed by atoms with Crippen molar-refractivity contribution < 1.29 is 4.79 Å². The smallest absolute Gasteiger partial charge is 0.242 e. The number of hydrogen-bond donors (Lipinski definition) is 1. The third-order valence-electron chi connectivity index (χ3n) is 2.94. The van der Waals surface area contributed by atoms with Gasteiger partial charge in [-0.05, 0) is 32.0 Å². The van der Waals surface area contributed by atoms with E-state index in [9.17, 15) is 4.79 Å². The van der Waals surface area contributed by atoms with Crippen molar-refractivity contribution in [1.29, 1.82) is 0 Å². The maximum absolute atomic E-state index is 12.0. The van der Waals surface area contributed by atoms with Crippen LogP contribution in [0.25, 0.3) is 0 Å². The summed E-state index contributed by atoms with van der Waals surface area (Å²) in [4.78, 5) is 15.6. The highest BCUT2D eigenvalue weighted by Gasteiger charge is 2.15. The summed E-state index contributed by atoms with van der Waals surface area (Å²) in [7, 11) is 3.68. The van der Waals surface area contributed by atoms with Gasteiger partial charge in [-0.2, -0.15) is 0 Å². The highest BCUT2D eigenvalue weighted by atomic mass is 79.9. The highest BCUT2D eigenvalue weighted by molar-refractivity contribution is 9.10. The molecule has 0 heterocycles. The molecular formula is C13H20BrN3O. The maximum atomic E-state index is 12.0. The lowest BCUT2D eigenvalue weighted by atomic mass is 10.2. The Bertz CT molecular complexity index is 434. The van der Waals surface area contributed by atoms with Crippen LogP contribution in [-0.2, 0) is 4.79 Å². The fraction of sp³-hybridized carbons (Fsp3) is 0.462. The molecule has 100 valence electrons. The van der Waals surface area contributed by atoms with E-state index in [0.717, 1.165) is 10.2 Å². The fourth-order valence-corrected chi connectivity index (χ4v) is 1.94. The molecule has 0 saturated heterocycles. The summed E-state index contributed by atoms with van der Waals surface area (Å²) in [5, 5.41) is 0. The maximum Gasteiger partial charge on any atom is 0.242 e. The number of benzene rings is 1. The van der Waals surface area contributed by atoms with Crippen molar-refractivity contribution >= 4 is 33.2 Å². The average Bonchev–Trinajstić information content (AvgIpc) is 2.27. The van der Waals surface area contributed by atoms with E-state index in [4.69, 9.17) is 5.73 Å². The quantitative estimate of drug-likeness (QED) is 0.868. The van der Waals surface area contributed by atoms with Crippen molar-refractivity contribution in [3.63, 3.8) is 0 Å². The minimum Gasteiger partial charge on any atom is -0.397 e. The van der Waals surface area contributed by atoms with Crippen LogP contribution in [0, 0.1) is 0 Å². The summed E-state index contributed by atoms with van der Waals surface area (Å²) >= 11 is 3.36. The van der Waals surface area contributed by atoms with E-state index in [2.05, 4.69) is 15.9 Å². The molecule has 5 heteroatoms. The number of nitrogens with two attached hydrogens (primary N) is 1. The normalized spacial score (nSPS) is 10.6. The average molecular weight is 314 g/mol. The number of rotatable bonds is 4. The van der Waals surface area contributed by atoms with Gasteiger partial charge in [0.1, 0.15) is 0 Å². The first-order valence-electron chi connectivity index (χ1n) is 5.84.